The van der Waals surface area contributed by atoms with Crippen LogP contribution in [-0.2, 0) is 9.53 Å². The fourth-order valence-corrected chi connectivity index (χ4v) is 3.42. The number of nitrogens with one attached hydrogen (secondary N) is 1. The zero-order chi connectivity index (χ0) is 15.9. The van der Waals surface area contributed by atoms with Crippen molar-refractivity contribution in [3.63, 3.8) is 0 Å². The van der Waals surface area contributed by atoms with Crippen molar-refractivity contribution in [3.8, 4) is 11.8 Å². The van der Waals surface area contributed by atoms with Gasteiger partial charge < -0.3 is 10.1 Å². The summed E-state index contributed by atoms with van der Waals surface area (Å²) < 4.78 is 5.36. The minimum absolute atomic E-state index is 0.00406. The lowest BCUT2D eigenvalue weighted by Gasteiger charge is -2.15. The minimum Gasteiger partial charge on any atom is -0.449 e. The molecule has 0 radical (unpaired) electrons. The average Bonchev–Trinajstić information content (AvgIpc) is 3.10. The van der Waals surface area contributed by atoms with Crippen molar-refractivity contribution in [1.82, 2.24) is 5.32 Å². The fraction of sp³-hybridized carbons (Fsp3) is 0.778. The largest absolute Gasteiger partial charge is 0.449 e. The highest BCUT2D eigenvalue weighted by Gasteiger charge is 2.49. The predicted molar refractivity (Wildman–Crippen MR) is 85.2 cm³/mol. The Morgan fingerprint density at radius 3 is 2.41 bits per heavy atom. The molecule has 4 nitrogen and oxygen atoms in total. The summed E-state index contributed by atoms with van der Waals surface area (Å²) in [7, 11) is 0. The molecule has 1 amide bonds. The normalized spacial score (nSPS) is 27.3. The molecule has 0 bridgehead atoms. The van der Waals surface area contributed by atoms with E-state index in [-0.39, 0.29) is 5.78 Å². The standard InChI is InChI=1S/C18H27NO3/c1-3-4-11-17(13(2)20)19-18(21)22-12-16-14-9-7-5-6-8-10-15(14)16/h14-17H,3-4,7-12H2,1-2H3,(H,19,21)/t14-,15+,16?,17-/m1/s1. The van der Waals surface area contributed by atoms with E-state index in [0.717, 1.165) is 38.5 Å². The van der Waals surface area contributed by atoms with Crippen molar-refractivity contribution in [3.05, 3.63) is 0 Å². The number of alkyl carbamates (subject to hydrolysis) is 1. The summed E-state index contributed by atoms with van der Waals surface area (Å²) in [4.78, 5) is 23.4. The third-order valence-corrected chi connectivity index (χ3v) is 4.88. The van der Waals surface area contributed by atoms with E-state index in [9.17, 15) is 9.59 Å². The van der Waals surface area contributed by atoms with Gasteiger partial charge in [-0.15, -0.1) is 11.8 Å². The van der Waals surface area contributed by atoms with Crippen LogP contribution in [0.4, 0.5) is 4.79 Å². The second-order valence-corrected chi connectivity index (χ2v) is 6.47. The summed E-state index contributed by atoms with van der Waals surface area (Å²) in [6.45, 7) is 4.06. The maximum absolute atomic E-state index is 11.9. The fourth-order valence-electron chi connectivity index (χ4n) is 3.42. The predicted octanol–water partition coefficient (Wildman–Crippen LogP) is 3.30. The van der Waals surface area contributed by atoms with Gasteiger partial charge in [-0.25, -0.2) is 4.79 Å². The molecule has 0 heterocycles. The first-order valence-electron chi connectivity index (χ1n) is 8.53. The molecule has 0 aromatic carbocycles. The van der Waals surface area contributed by atoms with Crippen LogP contribution in [0.2, 0.25) is 0 Å². The number of rotatable bonds is 7. The second kappa shape index (κ2) is 8.22. The number of carbonyl (C=O) groups is 2. The van der Waals surface area contributed by atoms with Crippen molar-refractivity contribution in [1.29, 1.82) is 0 Å². The molecule has 0 aliphatic heterocycles. The smallest absolute Gasteiger partial charge is 0.407 e. The number of carbonyl (C=O) groups excluding carboxylic acids is 2. The lowest BCUT2D eigenvalue weighted by atomic mass is 10.1. The van der Waals surface area contributed by atoms with Gasteiger partial charge >= 0.3 is 6.09 Å². The van der Waals surface area contributed by atoms with Crippen LogP contribution in [0.3, 0.4) is 0 Å². The van der Waals surface area contributed by atoms with Crippen molar-refractivity contribution in [2.45, 2.75) is 64.8 Å². The molecule has 1 saturated carbocycles. The Balaban J connectivity index is 1.70. The molecule has 22 heavy (non-hydrogen) atoms. The lowest BCUT2D eigenvalue weighted by Crippen LogP contribution is -2.40. The Morgan fingerprint density at radius 1 is 1.23 bits per heavy atom. The van der Waals surface area contributed by atoms with Gasteiger partial charge in [-0.2, -0.15) is 0 Å². The molecule has 0 saturated heterocycles. The van der Waals surface area contributed by atoms with Crippen LogP contribution in [0, 0.1) is 29.6 Å². The van der Waals surface area contributed by atoms with Gasteiger partial charge in [0.25, 0.3) is 0 Å². The van der Waals surface area contributed by atoms with Crippen molar-refractivity contribution in [2.75, 3.05) is 6.61 Å². The Labute approximate surface area is 133 Å². The molecule has 0 aromatic rings. The zero-order valence-electron chi connectivity index (χ0n) is 13.7. The minimum atomic E-state index is -0.452. The number of ketones is 1. The molecular weight excluding hydrogens is 278 g/mol. The van der Waals surface area contributed by atoms with E-state index in [1.54, 1.807) is 0 Å². The number of hydrogen-bond acceptors (Lipinski definition) is 3. The monoisotopic (exact) mass is 305 g/mol. The first kappa shape index (κ1) is 16.9. The van der Waals surface area contributed by atoms with Gasteiger partial charge in [0, 0.05) is 12.8 Å². The number of unbranched alkanes of at least 4 members (excludes halogenated alkanes) is 1. The van der Waals surface area contributed by atoms with Crippen LogP contribution >= 0.6 is 0 Å². The van der Waals surface area contributed by atoms with E-state index >= 15 is 0 Å². The molecule has 2 aliphatic carbocycles. The molecule has 1 N–H and O–H groups in total. The van der Waals surface area contributed by atoms with Crippen LogP contribution in [0.25, 0.3) is 0 Å². The van der Waals surface area contributed by atoms with Crippen LogP contribution < -0.4 is 5.32 Å². The molecule has 0 spiro atoms. The molecule has 2 rings (SSSR count). The first-order chi connectivity index (χ1) is 10.6. The van der Waals surface area contributed by atoms with E-state index in [1.165, 1.54) is 6.92 Å². The number of ether oxygens (including phenoxy) is 1. The Bertz CT molecular complexity index is 445. The molecular formula is C18H27NO3. The van der Waals surface area contributed by atoms with Gasteiger partial charge in [0.1, 0.15) is 0 Å². The Morgan fingerprint density at radius 2 is 1.86 bits per heavy atom. The van der Waals surface area contributed by atoms with Crippen LogP contribution in [0.5, 0.6) is 0 Å². The number of Topliss-reactive ketones (excluding diaryl/α,β-unsaturated/α-hetero) is 1. The summed E-state index contributed by atoms with van der Waals surface area (Å²) in [5.41, 5.74) is 0. The van der Waals surface area contributed by atoms with E-state index in [1.807, 2.05) is 0 Å². The van der Waals surface area contributed by atoms with Crippen LogP contribution in [0.15, 0.2) is 0 Å². The molecule has 1 unspecified atom stereocenters. The second-order valence-electron chi connectivity index (χ2n) is 6.47. The van der Waals surface area contributed by atoms with Crippen molar-refractivity contribution < 1.29 is 14.3 Å². The van der Waals surface area contributed by atoms with E-state index in [4.69, 9.17) is 4.74 Å². The number of hydrogen-bond donors (Lipinski definition) is 1. The van der Waals surface area contributed by atoms with Gasteiger partial charge in [0.2, 0.25) is 0 Å². The Hall–Kier alpha value is -1.50. The Kier molecular flexibility index (Phi) is 6.30. The average molecular weight is 305 g/mol. The van der Waals surface area contributed by atoms with Crippen LogP contribution in [-0.4, -0.2) is 24.5 Å². The van der Waals surface area contributed by atoms with Gasteiger partial charge in [0.15, 0.2) is 5.78 Å². The van der Waals surface area contributed by atoms with Gasteiger partial charge in [-0.1, -0.05) is 19.8 Å². The van der Waals surface area contributed by atoms with E-state index < -0.39 is 12.1 Å². The maximum Gasteiger partial charge on any atom is 0.407 e. The van der Waals surface area contributed by atoms with Gasteiger partial charge in [-0.05, 0) is 43.9 Å². The summed E-state index contributed by atoms with van der Waals surface area (Å²) in [6, 6.07) is -0.409. The van der Waals surface area contributed by atoms with E-state index in [2.05, 4.69) is 24.1 Å². The third-order valence-electron chi connectivity index (χ3n) is 4.88. The van der Waals surface area contributed by atoms with Crippen LogP contribution in [0.1, 0.15) is 58.8 Å². The first-order valence-corrected chi connectivity index (χ1v) is 8.53. The molecule has 4 atom stereocenters. The van der Waals surface area contributed by atoms with Gasteiger partial charge in [0.05, 0.1) is 12.6 Å². The third kappa shape index (κ3) is 4.76. The number of fused-ring (bicyclic) bond motifs is 1. The van der Waals surface area contributed by atoms with Crippen molar-refractivity contribution in [2.24, 2.45) is 17.8 Å². The lowest BCUT2D eigenvalue weighted by molar-refractivity contribution is -0.119. The van der Waals surface area contributed by atoms with Crippen molar-refractivity contribution >= 4 is 11.9 Å². The molecule has 2 aliphatic rings. The van der Waals surface area contributed by atoms with Gasteiger partial charge in [-0.3, -0.25) is 4.79 Å². The molecule has 122 valence electrons. The highest BCUT2D eigenvalue weighted by Crippen LogP contribution is 2.52. The highest BCUT2D eigenvalue weighted by atomic mass is 16.5. The highest BCUT2D eigenvalue weighted by molar-refractivity contribution is 5.85. The quantitative estimate of drug-likeness (QED) is 0.734. The topological polar surface area (TPSA) is 55.4 Å². The SMILES string of the molecule is CCCC[C@@H](NC(=O)OCC1[C@H]2CCC#CCC[C@@H]12)C(C)=O. The maximum atomic E-state index is 11.9. The molecule has 0 aromatic heterocycles. The van der Waals surface area contributed by atoms with E-state index in [0.29, 0.717) is 30.8 Å². The summed E-state index contributed by atoms with van der Waals surface area (Å²) in [5.74, 6) is 8.19. The summed E-state index contributed by atoms with van der Waals surface area (Å²) in [6.07, 6.45) is 6.35. The molecule has 1 fully saturated rings. The summed E-state index contributed by atoms with van der Waals surface area (Å²) >= 11 is 0. The molecule has 4 heteroatoms. The zero-order valence-corrected chi connectivity index (χ0v) is 13.7. The number of amides is 1. The summed E-state index contributed by atoms with van der Waals surface area (Å²) in [5, 5.41) is 2.71.